The maximum Gasteiger partial charge on any atom is 0.254 e. The number of carbonyl (C=O) groups is 1. The van der Waals surface area contributed by atoms with E-state index < -0.39 is 0 Å². The second kappa shape index (κ2) is 5.87. The molecule has 0 bridgehead atoms. The summed E-state index contributed by atoms with van der Waals surface area (Å²) in [7, 11) is 0. The molecule has 2 aromatic heterocycles. The molecule has 0 N–H and O–H groups in total. The summed E-state index contributed by atoms with van der Waals surface area (Å²) in [6, 6.07) is 3.92. The minimum absolute atomic E-state index is 0.0811. The van der Waals surface area contributed by atoms with Gasteiger partial charge in [-0.1, -0.05) is 13.3 Å². The zero-order chi connectivity index (χ0) is 15.7. The Morgan fingerprint density at radius 1 is 1.27 bits per heavy atom. The molecule has 0 atom stereocenters. The van der Waals surface area contributed by atoms with E-state index in [1.165, 1.54) is 11.1 Å². The van der Waals surface area contributed by atoms with E-state index in [9.17, 15) is 4.79 Å². The van der Waals surface area contributed by atoms with Crippen molar-refractivity contribution >= 4 is 5.91 Å². The maximum atomic E-state index is 12.5. The minimum Gasteiger partial charge on any atom is -0.328 e. The Bertz CT molecular complexity index is 724. The number of hydrogen-bond donors (Lipinski definition) is 0. The van der Waals surface area contributed by atoms with Gasteiger partial charge >= 0.3 is 0 Å². The molecule has 3 rings (SSSR count). The molecule has 0 saturated carbocycles. The van der Waals surface area contributed by atoms with Gasteiger partial charge in [-0.15, -0.1) is 0 Å². The Morgan fingerprint density at radius 3 is 2.77 bits per heavy atom. The molecule has 4 heteroatoms. The van der Waals surface area contributed by atoms with E-state index in [0.717, 1.165) is 35.4 Å². The molecule has 0 radical (unpaired) electrons. The number of nitrogens with zero attached hydrogens (tertiary/aromatic N) is 3. The van der Waals surface area contributed by atoms with Gasteiger partial charge in [0.2, 0.25) is 0 Å². The fourth-order valence-electron chi connectivity index (χ4n) is 3.01. The Morgan fingerprint density at radius 2 is 2.09 bits per heavy atom. The van der Waals surface area contributed by atoms with Crippen molar-refractivity contribution in [1.29, 1.82) is 0 Å². The van der Waals surface area contributed by atoms with Gasteiger partial charge in [0.05, 0.1) is 12.2 Å². The van der Waals surface area contributed by atoms with Crippen molar-refractivity contribution in [1.82, 2.24) is 14.9 Å². The quantitative estimate of drug-likeness (QED) is 0.870. The lowest BCUT2D eigenvalue weighted by Crippen LogP contribution is -2.23. The van der Waals surface area contributed by atoms with Crippen molar-refractivity contribution < 1.29 is 4.79 Å². The summed E-state index contributed by atoms with van der Waals surface area (Å²) in [5.41, 5.74) is 6.27. The van der Waals surface area contributed by atoms with Gasteiger partial charge in [-0.3, -0.25) is 14.8 Å². The molecular formula is C18H21N3O. The highest BCUT2D eigenvalue weighted by atomic mass is 16.2. The van der Waals surface area contributed by atoms with Crippen molar-refractivity contribution in [2.45, 2.75) is 46.7 Å². The molecule has 0 aliphatic carbocycles. The third kappa shape index (κ3) is 2.61. The van der Waals surface area contributed by atoms with Crippen LogP contribution in [0.5, 0.6) is 0 Å². The molecule has 114 valence electrons. The summed E-state index contributed by atoms with van der Waals surface area (Å²) >= 11 is 0. The average molecular weight is 295 g/mol. The molecule has 0 aromatic carbocycles. The predicted octanol–water partition coefficient (Wildman–Crippen LogP) is 3.20. The molecule has 0 saturated heterocycles. The first-order valence-electron chi connectivity index (χ1n) is 7.78. The van der Waals surface area contributed by atoms with Gasteiger partial charge in [0.15, 0.2) is 0 Å². The molecule has 0 unspecified atom stereocenters. The first kappa shape index (κ1) is 14.7. The van der Waals surface area contributed by atoms with Gasteiger partial charge in [-0.25, -0.2) is 0 Å². The first-order valence-corrected chi connectivity index (χ1v) is 7.78. The van der Waals surface area contributed by atoms with E-state index in [4.69, 9.17) is 0 Å². The summed E-state index contributed by atoms with van der Waals surface area (Å²) in [5.74, 6) is 0.0811. The Labute approximate surface area is 131 Å². The number of aromatic nitrogens is 2. The van der Waals surface area contributed by atoms with Gasteiger partial charge in [-0.2, -0.15) is 0 Å². The molecule has 1 aliphatic rings. The van der Waals surface area contributed by atoms with Gasteiger partial charge < -0.3 is 4.90 Å². The summed E-state index contributed by atoms with van der Waals surface area (Å²) in [4.78, 5) is 23.1. The Kier molecular flexibility index (Phi) is 3.92. The average Bonchev–Trinajstić information content (AvgIpc) is 2.81. The van der Waals surface area contributed by atoms with Crippen molar-refractivity contribution in [3.05, 3.63) is 58.2 Å². The zero-order valence-electron chi connectivity index (χ0n) is 13.4. The molecule has 4 nitrogen and oxygen atoms in total. The monoisotopic (exact) mass is 295 g/mol. The number of hydrogen-bond acceptors (Lipinski definition) is 3. The standard InChI is InChI=1S/C18H21N3O/c1-4-5-14-9-20-15(8-12(14)2)10-21-11-17-13(3)19-7-6-16(17)18(21)22/h6-9H,4-5,10-11H2,1-3H3. The summed E-state index contributed by atoms with van der Waals surface area (Å²) < 4.78 is 0. The lowest BCUT2D eigenvalue weighted by molar-refractivity contribution is 0.0764. The van der Waals surface area contributed by atoms with E-state index in [-0.39, 0.29) is 5.91 Å². The normalized spacial score (nSPS) is 13.6. The van der Waals surface area contributed by atoms with Crippen LogP contribution in [0, 0.1) is 13.8 Å². The summed E-state index contributed by atoms with van der Waals surface area (Å²) in [5, 5.41) is 0. The number of fused-ring (bicyclic) bond motifs is 1. The smallest absolute Gasteiger partial charge is 0.254 e. The van der Waals surface area contributed by atoms with E-state index in [1.807, 2.05) is 24.1 Å². The topological polar surface area (TPSA) is 46.1 Å². The maximum absolute atomic E-state index is 12.5. The zero-order valence-corrected chi connectivity index (χ0v) is 13.4. The molecule has 1 aliphatic heterocycles. The molecule has 22 heavy (non-hydrogen) atoms. The second-order valence-corrected chi connectivity index (χ2v) is 5.94. The number of pyridine rings is 2. The highest BCUT2D eigenvalue weighted by molar-refractivity contribution is 5.98. The van der Waals surface area contributed by atoms with Gasteiger partial charge in [0.1, 0.15) is 0 Å². The minimum atomic E-state index is 0.0811. The molecule has 1 amide bonds. The third-order valence-electron chi connectivity index (χ3n) is 4.29. The van der Waals surface area contributed by atoms with Crippen molar-refractivity contribution in [2.75, 3.05) is 0 Å². The Balaban J connectivity index is 1.79. The van der Waals surface area contributed by atoms with Crippen molar-refractivity contribution in [3.8, 4) is 0 Å². The summed E-state index contributed by atoms with van der Waals surface area (Å²) in [6.07, 6.45) is 5.83. The van der Waals surface area contributed by atoms with Crippen LogP contribution in [0.2, 0.25) is 0 Å². The lowest BCUT2D eigenvalue weighted by atomic mass is 10.1. The fourth-order valence-corrected chi connectivity index (χ4v) is 3.01. The fraction of sp³-hybridized carbons (Fsp3) is 0.389. The molecular weight excluding hydrogens is 274 g/mol. The molecule has 0 spiro atoms. The largest absolute Gasteiger partial charge is 0.328 e. The SMILES string of the molecule is CCCc1cnc(CN2Cc3c(ccnc3C)C2=O)cc1C. The van der Waals surface area contributed by atoms with E-state index in [0.29, 0.717) is 13.1 Å². The number of amides is 1. The second-order valence-electron chi connectivity index (χ2n) is 5.94. The van der Waals surface area contributed by atoms with E-state index >= 15 is 0 Å². The van der Waals surface area contributed by atoms with Crippen LogP contribution in [0.1, 0.15) is 51.8 Å². The Hall–Kier alpha value is -2.23. The van der Waals surface area contributed by atoms with Crippen LogP contribution in [0.3, 0.4) is 0 Å². The van der Waals surface area contributed by atoms with Gasteiger partial charge in [0.25, 0.3) is 5.91 Å². The molecule has 0 fully saturated rings. The van der Waals surface area contributed by atoms with Crippen molar-refractivity contribution in [3.63, 3.8) is 0 Å². The molecule has 3 heterocycles. The predicted molar refractivity (Wildman–Crippen MR) is 85.5 cm³/mol. The van der Waals surface area contributed by atoms with Crippen LogP contribution in [0.15, 0.2) is 24.5 Å². The van der Waals surface area contributed by atoms with Gasteiger partial charge in [-0.05, 0) is 43.5 Å². The third-order valence-corrected chi connectivity index (χ3v) is 4.29. The first-order chi connectivity index (χ1) is 10.6. The van der Waals surface area contributed by atoms with Crippen LogP contribution >= 0.6 is 0 Å². The number of aryl methyl sites for hydroxylation is 3. The van der Waals surface area contributed by atoms with Crippen LogP contribution in [0.25, 0.3) is 0 Å². The highest BCUT2D eigenvalue weighted by Gasteiger charge is 2.29. The van der Waals surface area contributed by atoms with Crippen molar-refractivity contribution in [2.24, 2.45) is 0 Å². The number of carbonyl (C=O) groups excluding carboxylic acids is 1. The highest BCUT2D eigenvalue weighted by Crippen LogP contribution is 2.25. The number of rotatable bonds is 4. The van der Waals surface area contributed by atoms with Crippen LogP contribution in [-0.2, 0) is 19.5 Å². The van der Waals surface area contributed by atoms with E-state index in [2.05, 4.69) is 29.9 Å². The lowest BCUT2D eigenvalue weighted by Gasteiger charge is -2.16. The van der Waals surface area contributed by atoms with Gasteiger partial charge in [0, 0.05) is 35.8 Å². The molecule has 2 aromatic rings. The van der Waals surface area contributed by atoms with Crippen LogP contribution in [-0.4, -0.2) is 20.8 Å². The van der Waals surface area contributed by atoms with Crippen LogP contribution in [0.4, 0.5) is 0 Å². The van der Waals surface area contributed by atoms with Crippen LogP contribution < -0.4 is 0 Å². The summed E-state index contributed by atoms with van der Waals surface area (Å²) in [6.45, 7) is 7.43. The van der Waals surface area contributed by atoms with E-state index in [1.54, 1.807) is 6.20 Å².